The predicted molar refractivity (Wildman–Crippen MR) is 153 cm³/mol. The first-order valence-corrected chi connectivity index (χ1v) is 13.1. The normalized spacial score (nSPS) is 18.5. The number of hydrogen-bond acceptors (Lipinski definition) is 6. The molecule has 0 aromatic heterocycles. The van der Waals surface area contributed by atoms with Crippen LogP contribution in [0.15, 0.2) is 113 Å². The molecule has 6 rings (SSSR count). The maximum atomic E-state index is 12.7. The summed E-state index contributed by atoms with van der Waals surface area (Å²) in [5.41, 5.74) is 6.73. The van der Waals surface area contributed by atoms with Crippen LogP contribution in [0.25, 0.3) is 0 Å². The zero-order valence-electron chi connectivity index (χ0n) is 20.3. The third kappa shape index (κ3) is 3.93. The number of benzene rings is 4. The number of ketones is 1. The molecule has 2 heterocycles. The number of thioether (sulfide) groups is 1. The molecule has 2 aliphatic rings. The highest BCUT2D eigenvalue weighted by Crippen LogP contribution is 2.55. The van der Waals surface area contributed by atoms with Crippen LogP contribution in [-0.4, -0.2) is 16.5 Å². The first-order valence-electron chi connectivity index (χ1n) is 11.9. The van der Waals surface area contributed by atoms with Crippen LogP contribution < -0.4 is 10.0 Å². The number of fused-ring (bicyclic) bond motifs is 2. The summed E-state index contributed by atoms with van der Waals surface area (Å²) in [5, 5.41) is 15.1. The molecule has 2 aliphatic heterocycles. The Morgan fingerprint density at radius 2 is 1.41 bits per heavy atom. The second-order valence-corrected chi connectivity index (χ2v) is 10.6. The van der Waals surface area contributed by atoms with Crippen LogP contribution in [0, 0.1) is 6.92 Å². The molecule has 4 aromatic carbocycles. The van der Waals surface area contributed by atoms with Crippen molar-refractivity contribution in [3.8, 4) is 0 Å². The van der Waals surface area contributed by atoms with Crippen molar-refractivity contribution in [2.75, 3.05) is 10.0 Å². The topological polar surface area (TPSA) is 48.3 Å². The first kappa shape index (κ1) is 23.5. The van der Waals surface area contributed by atoms with Gasteiger partial charge in [-0.15, -0.1) is 0 Å². The van der Waals surface area contributed by atoms with Crippen LogP contribution in [0.3, 0.4) is 0 Å². The van der Waals surface area contributed by atoms with Crippen LogP contribution in [0.2, 0.25) is 5.02 Å². The first-order chi connectivity index (χ1) is 18.0. The zero-order valence-corrected chi connectivity index (χ0v) is 21.9. The summed E-state index contributed by atoms with van der Waals surface area (Å²) < 4.78 is 0. The maximum Gasteiger partial charge on any atom is 0.234 e. The van der Waals surface area contributed by atoms with E-state index >= 15 is 0 Å². The van der Waals surface area contributed by atoms with Crippen LogP contribution in [0.5, 0.6) is 0 Å². The van der Waals surface area contributed by atoms with E-state index in [-0.39, 0.29) is 5.78 Å². The van der Waals surface area contributed by atoms with E-state index in [0.717, 1.165) is 33.8 Å². The van der Waals surface area contributed by atoms with Gasteiger partial charge in [0.1, 0.15) is 0 Å². The molecule has 0 radical (unpaired) electrons. The van der Waals surface area contributed by atoms with Crippen molar-refractivity contribution in [1.82, 2.24) is 0 Å². The average Bonchev–Trinajstić information content (AvgIpc) is 3.32. The van der Waals surface area contributed by atoms with Crippen molar-refractivity contribution >= 4 is 51.3 Å². The molecule has 1 spiro atoms. The van der Waals surface area contributed by atoms with E-state index in [1.165, 1.54) is 17.3 Å². The molecule has 0 N–H and O–H groups in total. The minimum atomic E-state index is -0.971. The molecule has 0 saturated carbocycles. The van der Waals surface area contributed by atoms with Crippen molar-refractivity contribution in [2.24, 2.45) is 10.2 Å². The van der Waals surface area contributed by atoms with Gasteiger partial charge in [-0.05, 0) is 55.1 Å². The van der Waals surface area contributed by atoms with Crippen LogP contribution in [0.1, 0.15) is 29.2 Å². The molecule has 0 fully saturated rings. The molecule has 37 heavy (non-hydrogen) atoms. The van der Waals surface area contributed by atoms with Gasteiger partial charge in [0.15, 0.2) is 10.8 Å². The molecule has 1 unspecified atom stereocenters. The maximum absolute atomic E-state index is 12.7. The number of hydrazone groups is 2. The van der Waals surface area contributed by atoms with E-state index in [2.05, 4.69) is 43.3 Å². The van der Waals surface area contributed by atoms with Crippen molar-refractivity contribution in [3.05, 3.63) is 130 Å². The van der Waals surface area contributed by atoms with E-state index in [1.54, 1.807) is 6.92 Å². The second kappa shape index (κ2) is 9.21. The molecule has 5 nitrogen and oxygen atoms in total. The molecule has 0 aliphatic carbocycles. The summed E-state index contributed by atoms with van der Waals surface area (Å²) in [6.07, 6.45) is 0. The fraction of sp³-hybridized carbons (Fsp3) is 0.100. The average molecular weight is 523 g/mol. The number of aryl methyl sites for hydroxylation is 1. The number of hydrogen-bond donors (Lipinski definition) is 0. The van der Waals surface area contributed by atoms with Gasteiger partial charge in [0.2, 0.25) is 4.99 Å². The summed E-state index contributed by atoms with van der Waals surface area (Å²) >= 11 is 7.64. The smallest absolute Gasteiger partial charge is 0.234 e. The molecular weight excluding hydrogens is 500 g/mol. The van der Waals surface area contributed by atoms with Gasteiger partial charge in [-0.2, -0.15) is 10.2 Å². The van der Waals surface area contributed by atoms with Gasteiger partial charge in [0.25, 0.3) is 0 Å². The Kier molecular flexibility index (Phi) is 5.86. The van der Waals surface area contributed by atoms with Gasteiger partial charge in [-0.3, -0.25) is 4.79 Å². The molecule has 0 saturated heterocycles. The standard InChI is InChI=1S/C30H23ClN4OS/c1-20-12-14-22(15-13-20)28-26-10-6-7-11-27(26)30(34(32-28)24-8-4-3-5-9-24)35(33-29(37-30)21(2)36)25-18-16-23(31)17-19-25/h3-19H,1-2H3. The third-order valence-corrected chi connectivity index (χ3v) is 8.10. The van der Waals surface area contributed by atoms with E-state index in [4.69, 9.17) is 21.8 Å². The van der Waals surface area contributed by atoms with Crippen LogP contribution in [0.4, 0.5) is 11.4 Å². The van der Waals surface area contributed by atoms with Crippen molar-refractivity contribution in [3.63, 3.8) is 0 Å². The zero-order chi connectivity index (χ0) is 25.6. The summed E-state index contributed by atoms with van der Waals surface area (Å²) in [5.74, 6) is -0.0976. The Morgan fingerprint density at radius 1 is 0.784 bits per heavy atom. The number of para-hydroxylation sites is 1. The fourth-order valence-electron chi connectivity index (χ4n) is 4.65. The number of anilines is 2. The highest BCUT2D eigenvalue weighted by molar-refractivity contribution is 8.17. The van der Waals surface area contributed by atoms with Crippen LogP contribution >= 0.6 is 23.4 Å². The molecular formula is C30H23ClN4OS. The van der Waals surface area contributed by atoms with Gasteiger partial charge < -0.3 is 0 Å². The van der Waals surface area contributed by atoms with Crippen molar-refractivity contribution in [1.29, 1.82) is 0 Å². The Bertz CT molecular complexity index is 1550. The number of carbonyl (C=O) groups excluding carboxylic acids is 1. The Morgan fingerprint density at radius 3 is 2.11 bits per heavy atom. The van der Waals surface area contributed by atoms with Gasteiger partial charge in [-0.25, -0.2) is 10.0 Å². The number of nitrogens with zero attached hydrogens (tertiary/aromatic N) is 4. The minimum absolute atomic E-state index is 0.0976. The highest BCUT2D eigenvalue weighted by atomic mass is 35.5. The Labute approximate surface area is 225 Å². The molecule has 0 bridgehead atoms. The summed E-state index contributed by atoms with van der Waals surface area (Å²) in [6.45, 7) is 3.62. The summed E-state index contributed by atoms with van der Waals surface area (Å²) in [4.78, 5) is 11.8. The lowest BCUT2D eigenvalue weighted by Crippen LogP contribution is -2.54. The Hall–Kier alpha value is -3.87. The molecule has 0 amide bonds. The van der Waals surface area contributed by atoms with Gasteiger partial charge >= 0.3 is 0 Å². The SMILES string of the molecule is CC(=O)C1=NN(c2ccc(Cl)cc2)C2(S1)c1ccccc1C(c1ccc(C)cc1)=NN2c1ccccc1. The minimum Gasteiger partial charge on any atom is -0.292 e. The lowest BCUT2D eigenvalue weighted by molar-refractivity contribution is -0.110. The van der Waals surface area contributed by atoms with Crippen molar-refractivity contribution < 1.29 is 4.79 Å². The molecule has 182 valence electrons. The van der Waals surface area contributed by atoms with Gasteiger partial charge in [-0.1, -0.05) is 83.9 Å². The highest BCUT2D eigenvalue weighted by Gasteiger charge is 2.55. The second-order valence-electron chi connectivity index (χ2n) is 8.97. The number of Topliss-reactive ketones (excluding diaryl/α,β-unsaturated/α-hetero) is 1. The van der Waals surface area contributed by atoms with Crippen molar-refractivity contribution in [2.45, 2.75) is 18.8 Å². The van der Waals surface area contributed by atoms with Gasteiger partial charge in [0.05, 0.1) is 17.1 Å². The predicted octanol–water partition coefficient (Wildman–Crippen LogP) is 7.19. The number of rotatable bonds is 4. The van der Waals surface area contributed by atoms with Crippen LogP contribution in [-0.2, 0) is 9.79 Å². The number of carbonyl (C=O) groups is 1. The lowest BCUT2D eigenvalue weighted by atomic mass is 9.93. The summed E-state index contributed by atoms with van der Waals surface area (Å²) in [6, 6.07) is 34.1. The van der Waals surface area contributed by atoms with E-state index in [9.17, 15) is 4.79 Å². The molecule has 4 aromatic rings. The quantitative estimate of drug-likeness (QED) is 0.284. The van der Waals surface area contributed by atoms with E-state index < -0.39 is 4.99 Å². The van der Waals surface area contributed by atoms with E-state index in [1.807, 2.05) is 76.7 Å². The largest absolute Gasteiger partial charge is 0.292 e. The van der Waals surface area contributed by atoms with E-state index in [0.29, 0.717) is 10.1 Å². The molecule has 7 heteroatoms. The lowest BCUT2D eigenvalue weighted by Gasteiger charge is -2.47. The molecule has 1 atom stereocenters. The monoisotopic (exact) mass is 522 g/mol. The third-order valence-electron chi connectivity index (χ3n) is 6.44. The fourth-order valence-corrected chi connectivity index (χ4v) is 6.07. The Balaban J connectivity index is 1.66. The summed E-state index contributed by atoms with van der Waals surface area (Å²) in [7, 11) is 0. The van der Waals surface area contributed by atoms with Gasteiger partial charge in [0, 0.05) is 28.6 Å². The number of halogens is 1.